The predicted molar refractivity (Wildman–Crippen MR) is 68.3 cm³/mol. The molecular weight excluding hydrogens is 226 g/mol. The first-order chi connectivity index (χ1) is 8.84. The molecule has 0 bridgehead atoms. The summed E-state index contributed by atoms with van der Waals surface area (Å²) in [5.41, 5.74) is 3.06. The molecule has 3 rings (SSSR count). The number of aliphatic hydroxyl groups is 1. The highest BCUT2D eigenvalue weighted by Gasteiger charge is 2.23. The normalized spacial score (nSPS) is 17.5. The number of aromatic nitrogens is 1. The molecule has 1 aromatic heterocycles. The summed E-state index contributed by atoms with van der Waals surface area (Å²) in [5, 5.41) is 9.82. The third-order valence-corrected chi connectivity index (χ3v) is 3.30. The Morgan fingerprint density at radius 3 is 3.00 bits per heavy atom. The van der Waals surface area contributed by atoms with Crippen LogP contribution in [0.2, 0.25) is 0 Å². The highest BCUT2D eigenvalue weighted by molar-refractivity contribution is 5.44. The first-order valence-electron chi connectivity index (χ1n) is 6.17. The molecule has 0 radical (unpaired) electrons. The molecule has 18 heavy (non-hydrogen) atoms. The fraction of sp³-hybridized carbons (Fsp3) is 0.267. The van der Waals surface area contributed by atoms with E-state index in [1.54, 1.807) is 6.20 Å². The van der Waals surface area contributed by atoms with Gasteiger partial charge in [-0.25, -0.2) is 0 Å². The van der Waals surface area contributed by atoms with Crippen molar-refractivity contribution in [3.05, 3.63) is 59.4 Å². The molecule has 1 unspecified atom stereocenters. The highest BCUT2D eigenvalue weighted by Crippen LogP contribution is 2.36. The van der Waals surface area contributed by atoms with Crippen LogP contribution in [0, 0.1) is 0 Å². The first kappa shape index (κ1) is 11.2. The van der Waals surface area contributed by atoms with Gasteiger partial charge < -0.3 is 9.84 Å². The maximum Gasteiger partial charge on any atom is 0.130 e. The molecule has 0 saturated heterocycles. The zero-order valence-corrected chi connectivity index (χ0v) is 10.0. The number of rotatable bonds is 3. The molecule has 2 aromatic rings. The second-order valence-electron chi connectivity index (χ2n) is 4.49. The van der Waals surface area contributed by atoms with Crippen molar-refractivity contribution in [2.75, 3.05) is 0 Å². The van der Waals surface area contributed by atoms with E-state index in [0.29, 0.717) is 6.61 Å². The largest absolute Gasteiger partial charge is 0.487 e. The fourth-order valence-corrected chi connectivity index (χ4v) is 2.37. The minimum atomic E-state index is -0.335. The lowest BCUT2D eigenvalue weighted by molar-refractivity contribution is 0.180. The Balaban J connectivity index is 1.78. The third-order valence-electron chi connectivity index (χ3n) is 3.30. The van der Waals surface area contributed by atoms with E-state index < -0.39 is 0 Å². The Bertz CT molecular complexity index is 539. The van der Waals surface area contributed by atoms with Gasteiger partial charge in [0.1, 0.15) is 12.4 Å². The van der Waals surface area contributed by atoms with E-state index in [4.69, 9.17) is 4.74 Å². The van der Waals surface area contributed by atoms with Crippen molar-refractivity contribution >= 4 is 0 Å². The van der Waals surface area contributed by atoms with Crippen LogP contribution in [0.3, 0.4) is 0 Å². The van der Waals surface area contributed by atoms with E-state index in [2.05, 4.69) is 4.98 Å². The zero-order chi connectivity index (χ0) is 12.4. The third kappa shape index (κ3) is 2.09. The molecule has 1 heterocycles. The van der Waals surface area contributed by atoms with Gasteiger partial charge in [-0.2, -0.15) is 0 Å². The molecule has 92 valence electrons. The molecule has 0 amide bonds. The molecule has 0 saturated carbocycles. The van der Waals surface area contributed by atoms with E-state index >= 15 is 0 Å². The van der Waals surface area contributed by atoms with Crippen LogP contribution in [-0.4, -0.2) is 10.1 Å². The topological polar surface area (TPSA) is 42.4 Å². The van der Waals surface area contributed by atoms with Crippen molar-refractivity contribution in [3.8, 4) is 5.75 Å². The van der Waals surface area contributed by atoms with Gasteiger partial charge in [0.15, 0.2) is 0 Å². The average molecular weight is 241 g/mol. The summed E-state index contributed by atoms with van der Waals surface area (Å²) in [6.07, 6.45) is 3.10. The number of hydrogen-bond acceptors (Lipinski definition) is 3. The SMILES string of the molecule is OC1CCc2c(OCc3ccccn3)cccc21. The summed E-state index contributed by atoms with van der Waals surface area (Å²) in [4.78, 5) is 4.23. The molecule has 0 aliphatic heterocycles. The van der Waals surface area contributed by atoms with Gasteiger partial charge in [0.2, 0.25) is 0 Å². The number of nitrogens with zero attached hydrogens (tertiary/aromatic N) is 1. The molecule has 3 heteroatoms. The molecular formula is C15H15NO2. The molecule has 1 atom stereocenters. The fourth-order valence-electron chi connectivity index (χ4n) is 2.37. The first-order valence-corrected chi connectivity index (χ1v) is 6.17. The Morgan fingerprint density at radius 2 is 2.17 bits per heavy atom. The van der Waals surface area contributed by atoms with Gasteiger partial charge in [-0.15, -0.1) is 0 Å². The van der Waals surface area contributed by atoms with Gasteiger partial charge in [-0.3, -0.25) is 4.98 Å². The van der Waals surface area contributed by atoms with Gasteiger partial charge in [0, 0.05) is 11.8 Å². The lowest BCUT2D eigenvalue weighted by atomic mass is 10.1. The second-order valence-corrected chi connectivity index (χ2v) is 4.49. The number of hydrogen-bond donors (Lipinski definition) is 1. The van der Waals surface area contributed by atoms with Gasteiger partial charge in [-0.1, -0.05) is 18.2 Å². The number of benzene rings is 1. The van der Waals surface area contributed by atoms with Crippen LogP contribution in [0.25, 0.3) is 0 Å². The van der Waals surface area contributed by atoms with E-state index in [-0.39, 0.29) is 6.10 Å². The van der Waals surface area contributed by atoms with Gasteiger partial charge in [-0.05, 0) is 36.6 Å². The molecule has 3 nitrogen and oxygen atoms in total. The quantitative estimate of drug-likeness (QED) is 0.898. The van der Waals surface area contributed by atoms with Crippen molar-refractivity contribution in [2.24, 2.45) is 0 Å². The van der Waals surface area contributed by atoms with E-state index in [1.807, 2.05) is 36.4 Å². The van der Waals surface area contributed by atoms with Crippen LogP contribution in [0.4, 0.5) is 0 Å². The molecule has 1 aliphatic rings. The van der Waals surface area contributed by atoms with E-state index in [0.717, 1.165) is 35.4 Å². The van der Waals surface area contributed by atoms with Crippen LogP contribution in [-0.2, 0) is 13.0 Å². The number of ether oxygens (including phenoxy) is 1. The molecule has 1 aromatic carbocycles. The van der Waals surface area contributed by atoms with Gasteiger partial charge in [0.25, 0.3) is 0 Å². The number of pyridine rings is 1. The van der Waals surface area contributed by atoms with Crippen molar-refractivity contribution in [2.45, 2.75) is 25.6 Å². The summed E-state index contributed by atoms with van der Waals surface area (Å²) in [6.45, 7) is 0.466. The van der Waals surface area contributed by atoms with Crippen molar-refractivity contribution in [1.82, 2.24) is 4.98 Å². The zero-order valence-electron chi connectivity index (χ0n) is 10.0. The highest BCUT2D eigenvalue weighted by atomic mass is 16.5. The molecule has 0 spiro atoms. The monoisotopic (exact) mass is 241 g/mol. The maximum atomic E-state index is 9.82. The Labute approximate surface area is 106 Å². The second kappa shape index (κ2) is 4.78. The predicted octanol–water partition coefficient (Wildman–Crippen LogP) is 2.64. The van der Waals surface area contributed by atoms with Crippen LogP contribution < -0.4 is 4.74 Å². The lowest BCUT2D eigenvalue weighted by Gasteiger charge is -2.11. The Morgan fingerprint density at radius 1 is 1.22 bits per heavy atom. The summed E-state index contributed by atoms with van der Waals surface area (Å²) in [5.74, 6) is 0.870. The van der Waals surface area contributed by atoms with Crippen LogP contribution in [0.15, 0.2) is 42.6 Å². The molecule has 0 fully saturated rings. The minimum absolute atomic E-state index is 0.335. The summed E-state index contributed by atoms with van der Waals surface area (Å²) in [6, 6.07) is 11.6. The average Bonchev–Trinajstić information content (AvgIpc) is 2.80. The Kier molecular flexibility index (Phi) is 2.99. The van der Waals surface area contributed by atoms with Gasteiger partial charge >= 0.3 is 0 Å². The van der Waals surface area contributed by atoms with Crippen molar-refractivity contribution < 1.29 is 9.84 Å². The van der Waals surface area contributed by atoms with E-state index in [1.165, 1.54) is 0 Å². The number of fused-ring (bicyclic) bond motifs is 1. The maximum absolute atomic E-state index is 9.82. The van der Waals surface area contributed by atoms with Crippen molar-refractivity contribution in [1.29, 1.82) is 0 Å². The Hall–Kier alpha value is -1.87. The standard InChI is InChI=1S/C15H15NO2/c17-14-8-7-13-12(14)5-3-6-15(13)18-10-11-4-1-2-9-16-11/h1-6,9,14,17H,7-8,10H2. The van der Waals surface area contributed by atoms with E-state index in [9.17, 15) is 5.11 Å². The lowest BCUT2D eigenvalue weighted by Crippen LogP contribution is -2.00. The van der Waals surface area contributed by atoms with Crippen LogP contribution in [0.5, 0.6) is 5.75 Å². The van der Waals surface area contributed by atoms with Gasteiger partial charge in [0.05, 0.1) is 11.8 Å². The molecule has 1 aliphatic carbocycles. The smallest absolute Gasteiger partial charge is 0.130 e. The minimum Gasteiger partial charge on any atom is -0.487 e. The van der Waals surface area contributed by atoms with Crippen LogP contribution in [0.1, 0.15) is 29.3 Å². The summed E-state index contributed by atoms with van der Waals surface area (Å²) >= 11 is 0. The van der Waals surface area contributed by atoms with Crippen LogP contribution >= 0.6 is 0 Å². The number of aliphatic hydroxyl groups excluding tert-OH is 1. The summed E-state index contributed by atoms with van der Waals surface area (Å²) < 4.78 is 5.81. The van der Waals surface area contributed by atoms with Crippen molar-refractivity contribution in [3.63, 3.8) is 0 Å². The summed E-state index contributed by atoms with van der Waals surface area (Å²) in [7, 11) is 0. The molecule has 1 N–H and O–H groups in total.